The number of aromatic carboxylic acids is 1. The third-order valence-electron chi connectivity index (χ3n) is 2.43. The van der Waals surface area contributed by atoms with E-state index >= 15 is 0 Å². The van der Waals surface area contributed by atoms with Gasteiger partial charge in [-0.1, -0.05) is 12.1 Å². The van der Waals surface area contributed by atoms with E-state index in [4.69, 9.17) is 9.84 Å². The first kappa shape index (κ1) is 12.3. The van der Waals surface area contributed by atoms with Crippen molar-refractivity contribution in [3.63, 3.8) is 0 Å². The highest BCUT2D eigenvalue weighted by molar-refractivity contribution is 7.12. The average Bonchev–Trinajstić information content (AvgIpc) is 2.87. The first-order valence-electron chi connectivity index (χ1n) is 5.13. The van der Waals surface area contributed by atoms with Gasteiger partial charge in [-0.15, -0.1) is 11.3 Å². The van der Waals surface area contributed by atoms with E-state index in [9.17, 15) is 9.59 Å². The van der Waals surface area contributed by atoms with Crippen LogP contribution in [0.2, 0.25) is 0 Å². The van der Waals surface area contributed by atoms with Crippen molar-refractivity contribution in [3.05, 3.63) is 51.7 Å². The van der Waals surface area contributed by atoms with Crippen LogP contribution in [0.5, 0.6) is 5.75 Å². The molecule has 0 bridgehead atoms. The van der Waals surface area contributed by atoms with Crippen LogP contribution >= 0.6 is 11.3 Å². The van der Waals surface area contributed by atoms with E-state index in [2.05, 4.69) is 0 Å². The third kappa shape index (κ3) is 2.26. The predicted octanol–water partition coefficient (Wildman–Crippen LogP) is 2.69. The van der Waals surface area contributed by atoms with Crippen LogP contribution in [-0.2, 0) is 0 Å². The minimum Gasteiger partial charge on any atom is -0.497 e. The van der Waals surface area contributed by atoms with E-state index in [1.807, 2.05) is 0 Å². The van der Waals surface area contributed by atoms with Gasteiger partial charge in [-0.25, -0.2) is 4.79 Å². The van der Waals surface area contributed by atoms with Crippen molar-refractivity contribution in [3.8, 4) is 5.75 Å². The van der Waals surface area contributed by atoms with Crippen molar-refractivity contribution < 1.29 is 19.4 Å². The summed E-state index contributed by atoms with van der Waals surface area (Å²) >= 11 is 1.12. The van der Waals surface area contributed by atoms with Gasteiger partial charge in [0.2, 0.25) is 5.78 Å². The predicted molar refractivity (Wildman–Crippen MR) is 67.7 cm³/mol. The summed E-state index contributed by atoms with van der Waals surface area (Å²) in [7, 11) is 1.51. The number of carboxylic acid groups (broad SMARTS) is 1. The standard InChI is InChI=1S/C13H10O4S/c1-17-9-4-2-3-8(7-9)11(14)12-10(13(15)16)5-6-18-12/h2-7H,1H3,(H,15,16). The quantitative estimate of drug-likeness (QED) is 0.860. The minimum atomic E-state index is -1.09. The second-order valence-corrected chi connectivity index (χ2v) is 4.45. The molecular weight excluding hydrogens is 252 g/mol. The lowest BCUT2D eigenvalue weighted by molar-refractivity contribution is 0.0693. The molecule has 2 aromatic rings. The lowest BCUT2D eigenvalue weighted by atomic mass is 10.1. The Bertz CT molecular complexity index is 601. The third-order valence-corrected chi connectivity index (χ3v) is 3.35. The minimum absolute atomic E-state index is 0.0350. The molecule has 5 heteroatoms. The van der Waals surface area contributed by atoms with E-state index in [0.29, 0.717) is 11.3 Å². The molecule has 0 aliphatic carbocycles. The highest BCUT2D eigenvalue weighted by Gasteiger charge is 2.19. The number of benzene rings is 1. The van der Waals surface area contributed by atoms with Crippen molar-refractivity contribution in [1.82, 2.24) is 0 Å². The summed E-state index contributed by atoms with van der Waals surface area (Å²) in [6.45, 7) is 0. The number of ether oxygens (including phenoxy) is 1. The summed E-state index contributed by atoms with van der Waals surface area (Å²) < 4.78 is 5.03. The van der Waals surface area contributed by atoms with Crippen LogP contribution in [0, 0.1) is 0 Å². The zero-order chi connectivity index (χ0) is 13.1. The molecule has 0 aliphatic rings. The Kier molecular flexibility index (Phi) is 3.43. The fourth-order valence-corrected chi connectivity index (χ4v) is 2.40. The van der Waals surface area contributed by atoms with Gasteiger partial charge in [0, 0.05) is 5.56 Å². The number of hydrogen-bond donors (Lipinski definition) is 1. The van der Waals surface area contributed by atoms with Crippen molar-refractivity contribution in [2.45, 2.75) is 0 Å². The highest BCUT2D eigenvalue weighted by Crippen LogP contribution is 2.22. The zero-order valence-corrected chi connectivity index (χ0v) is 10.4. The summed E-state index contributed by atoms with van der Waals surface area (Å²) in [6, 6.07) is 8.08. The van der Waals surface area contributed by atoms with Gasteiger partial charge in [-0.2, -0.15) is 0 Å². The van der Waals surface area contributed by atoms with Crippen LogP contribution in [0.25, 0.3) is 0 Å². The maximum atomic E-state index is 12.2. The number of carboxylic acids is 1. The second-order valence-electron chi connectivity index (χ2n) is 3.53. The molecule has 0 aliphatic heterocycles. The van der Waals surface area contributed by atoms with Gasteiger partial charge < -0.3 is 9.84 Å². The molecule has 0 amide bonds. The second kappa shape index (κ2) is 5.01. The van der Waals surface area contributed by atoms with E-state index in [0.717, 1.165) is 11.3 Å². The van der Waals surface area contributed by atoms with Gasteiger partial charge in [0.1, 0.15) is 5.75 Å². The zero-order valence-electron chi connectivity index (χ0n) is 9.54. The summed E-state index contributed by atoms with van der Waals surface area (Å²) in [4.78, 5) is 23.4. The Morgan fingerprint density at radius 1 is 1.28 bits per heavy atom. The van der Waals surface area contributed by atoms with Gasteiger partial charge in [0.25, 0.3) is 0 Å². The Morgan fingerprint density at radius 2 is 2.06 bits per heavy atom. The van der Waals surface area contributed by atoms with Gasteiger partial charge in [-0.05, 0) is 23.6 Å². The molecule has 2 rings (SSSR count). The summed E-state index contributed by atoms with van der Waals surface area (Å²) in [5.74, 6) is -0.835. The molecule has 1 aromatic heterocycles. The maximum Gasteiger partial charge on any atom is 0.337 e. The molecule has 0 atom stereocenters. The largest absolute Gasteiger partial charge is 0.497 e. The molecule has 0 fully saturated rings. The topological polar surface area (TPSA) is 63.6 Å². The Hall–Kier alpha value is -2.14. The molecule has 0 saturated heterocycles. The normalized spacial score (nSPS) is 10.1. The van der Waals surface area contributed by atoms with Gasteiger partial charge >= 0.3 is 5.97 Å². The lowest BCUT2D eigenvalue weighted by Crippen LogP contribution is -2.06. The van der Waals surface area contributed by atoms with Gasteiger partial charge in [0.05, 0.1) is 17.6 Å². The van der Waals surface area contributed by atoms with E-state index in [1.165, 1.54) is 13.2 Å². The van der Waals surface area contributed by atoms with Crippen LogP contribution in [0.4, 0.5) is 0 Å². The number of hydrogen-bond acceptors (Lipinski definition) is 4. The summed E-state index contributed by atoms with van der Waals surface area (Å²) in [6.07, 6.45) is 0. The fourth-order valence-electron chi connectivity index (χ4n) is 1.55. The first-order chi connectivity index (χ1) is 8.63. The fraction of sp³-hybridized carbons (Fsp3) is 0.0769. The van der Waals surface area contributed by atoms with Gasteiger partial charge in [-0.3, -0.25) is 4.79 Å². The molecule has 4 nitrogen and oxygen atoms in total. The molecule has 1 aromatic carbocycles. The number of carbonyl (C=O) groups excluding carboxylic acids is 1. The molecule has 1 N–H and O–H groups in total. The van der Waals surface area contributed by atoms with Crippen LogP contribution in [-0.4, -0.2) is 24.0 Å². The Labute approximate surface area is 107 Å². The molecule has 1 heterocycles. The molecule has 0 saturated carbocycles. The van der Waals surface area contributed by atoms with Crippen molar-refractivity contribution in [2.75, 3.05) is 7.11 Å². The van der Waals surface area contributed by atoms with Crippen LogP contribution < -0.4 is 4.74 Å². The monoisotopic (exact) mass is 262 g/mol. The molecule has 92 valence electrons. The number of methoxy groups -OCH3 is 1. The molecule has 18 heavy (non-hydrogen) atoms. The molecule has 0 radical (unpaired) electrons. The number of rotatable bonds is 4. The SMILES string of the molecule is COc1cccc(C(=O)c2sccc2C(=O)O)c1. The average molecular weight is 262 g/mol. The number of ketones is 1. The van der Waals surface area contributed by atoms with Crippen LogP contribution in [0.1, 0.15) is 25.6 Å². The lowest BCUT2D eigenvalue weighted by Gasteiger charge is -2.03. The number of thiophene rings is 1. The van der Waals surface area contributed by atoms with Gasteiger partial charge in [0.15, 0.2) is 0 Å². The Balaban J connectivity index is 2.41. The molecular formula is C13H10O4S. The highest BCUT2D eigenvalue weighted by atomic mass is 32.1. The molecule has 0 unspecified atom stereocenters. The Morgan fingerprint density at radius 3 is 2.72 bits per heavy atom. The van der Waals surface area contributed by atoms with Crippen molar-refractivity contribution in [1.29, 1.82) is 0 Å². The van der Waals surface area contributed by atoms with E-state index < -0.39 is 5.97 Å². The smallest absolute Gasteiger partial charge is 0.337 e. The number of carbonyl (C=O) groups is 2. The van der Waals surface area contributed by atoms with Crippen molar-refractivity contribution >= 4 is 23.1 Å². The summed E-state index contributed by atoms with van der Waals surface area (Å²) in [5.41, 5.74) is 0.451. The van der Waals surface area contributed by atoms with E-state index in [-0.39, 0.29) is 16.2 Å². The van der Waals surface area contributed by atoms with Crippen LogP contribution in [0.3, 0.4) is 0 Å². The van der Waals surface area contributed by atoms with Crippen molar-refractivity contribution in [2.24, 2.45) is 0 Å². The summed E-state index contributed by atoms with van der Waals surface area (Å²) in [5, 5.41) is 10.6. The molecule has 0 spiro atoms. The first-order valence-corrected chi connectivity index (χ1v) is 6.01. The maximum absolute atomic E-state index is 12.2. The van der Waals surface area contributed by atoms with Crippen LogP contribution in [0.15, 0.2) is 35.7 Å². The van der Waals surface area contributed by atoms with E-state index in [1.54, 1.807) is 29.6 Å².